The second kappa shape index (κ2) is 4.40. The van der Waals surface area contributed by atoms with Crippen LogP contribution >= 0.6 is 15.9 Å². The fraction of sp³-hybridized carbons (Fsp3) is 0.333. The van der Waals surface area contributed by atoms with Crippen LogP contribution in [0.2, 0.25) is 0 Å². The molecule has 15 heavy (non-hydrogen) atoms. The predicted octanol–water partition coefficient (Wildman–Crippen LogP) is 3.05. The van der Waals surface area contributed by atoms with E-state index >= 15 is 0 Å². The van der Waals surface area contributed by atoms with Gasteiger partial charge in [-0.05, 0) is 33.6 Å². The van der Waals surface area contributed by atoms with Crippen LogP contribution in [0.15, 0.2) is 22.7 Å². The third-order valence-electron chi connectivity index (χ3n) is 1.80. The van der Waals surface area contributed by atoms with Crippen molar-refractivity contribution in [2.45, 2.75) is 12.3 Å². The van der Waals surface area contributed by atoms with Gasteiger partial charge in [-0.15, -0.1) is 0 Å². The van der Waals surface area contributed by atoms with Crippen molar-refractivity contribution < 1.29 is 23.0 Å². The van der Waals surface area contributed by atoms with Gasteiger partial charge in [0.1, 0.15) is 5.75 Å². The van der Waals surface area contributed by atoms with Crippen LogP contribution in [-0.2, 0) is 0 Å². The lowest BCUT2D eigenvalue weighted by Gasteiger charge is -2.15. The summed E-state index contributed by atoms with van der Waals surface area (Å²) in [7, 11) is 1.34. The van der Waals surface area contributed by atoms with E-state index in [2.05, 4.69) is 15.9 Å². The van der Waals surface area contributed by atoms with E-state index in [1.807, 2.05) is 0 Å². The molecule has 0 unspecified atom stereocenters. The molecule has 0 fully saturated rings. The highest BCUT2D eigenvalue weighted by Gasteiger charge is 2.39. The van der Waals surface area contributed by atoms with Crippen LogP contribution in [0, 0.1) is 0 Å². The monoisotopic (exact) mass is 284 g/mol. The largest absolute Gasteiger partial charge is 0.496 e. The summed E-state index contributed by atoms with van der Waals surface area (Å²) in [6.07, 6.45) is -7.15. The first-order chi connectivity index (χ1) is 6.86. The molecule has 2 nitrogen and oxygen atoms in total. The van der Waals surface area contributed by atoms with Gasteiger partial charge in [0.25, 0.3) is 0 Å². The van der Waals surface area contributed by atoms with Gasteiger partial charge >= 0.3 is 6.18 Å². The van der Waals surface area contributed by atoms with Gasteiger partial charge < -0.3 is 9.84 Å². The minimum atomic E-state index is -4.67. The van der Waals surface area contributed by atoms with Gasteiger partial charge in [-0.1, -0.05) is 6.07 Å². The number of aliphatic hydroxyl groups excluding tert-OH is 1. The molecule has 0 heterocycles. The van der Waals surface area contributed by atoms with Gasteiger partial charge in [0.05, 0.1) is 11.6 Å². The molecule has 0 saturated carbocycles. The second-order valence-corrected chi connectivity index (χ2v) is 3.69. The van der Waals surface area contributed by atoms with Crippen molar-refractivity contribution >= 4 is 15.9 Å². The molecule has 1 N–H and O–H groups in total. The summed E-state index contributed by atoms with van der Waals surface area (Å²) >= 11 is 3.10. The summed E-state index contributed by atoms with van der Waals surface area (Å²) < 4.78 is 41.9. The molecule has 1 rings (SSSR count). The third kappa shape index (κ3) is 2.85. The molecule has 0 saturated heterocycles. The Hall–Kier alpha value is -0.750. The van der Waals surface area contributed by atoms with E-state index in [0.29, 0.717) is 4.47 Å². The van der Waals surface area contributed by atoms with Gasteiger partial charge in [-0.2, -0.15) is 13.2 Å². The lowest BCUT2D eigenvalue weighted by molar-refractivity contribution is -0.206. The van der Waals surface area contributed by atoms with E-state index in [0.717, 1.165) is 6.07 Å². The van der Waals surface area contributed by atoms with Crippen LogP contribution in [-0.4, -0.2) is 18.4 Å². The Morgan fingerprint density at radius 2 is 2.00 bits per heavy atom. The molecule has 0 amide bonds. The van der Waals surface area contributed by atoms with Gasteiger partial charge in [0.15, 0.2) is 6.10 Å². The van der Waals surface area contributed by atoms with Crippen molar-refractivity contribution in [1.29, 1.82) is 0 Å². The maximum atomic E-state index is 12.2. The van der Waals surface area contributed by atoms with Crippen molar-refractivity contribution in [3.05, 3.63) is 28.2 Å². The number of rotatable bonds is 2. The Kier molecular flexibility index (Phi) is 3.62. The quantitative estimate of drug-likeness (QED) is 0.905. The van der Waals surface area contributed by atoms with Crippen LogP contribution in [0.25, 0.3) is 0 Å². The lowest BCUT2D eigenvalue weighted by Crippen LogP contribution is -2.20. The summed E-state index contributed by atoms with van der Waals surface area (Å²) in [6, 6.07) is 3.72. The molecule has 0 radical (unpaired) electrons. The van der Waals surface area contributed by atoms with E-state index in [1.165, 1.54) is 19.2 Å². The van der Waals surface area contributed by atoms with E-state index in [-0.39, 0.29) is 11.3 Å². The summed E-state index contributed by atoms with van der Waals surface area (Å²) in [5.41, 5.74) is -0.248. The Balaban J connectivity index is 3.06. The first-order valence-electron chi connectivity index (χ1n) is 3.94. The molecular formula is C9H8BrF3O2. The number of hydrogen-bond donors (Lipinski definition) is 1. The summed E-state index contributed by atoms with van der Waals surface area (Å²) in [5, 5.41) is 8.97. The molecule has 6 heteroatoms. The highest BCUT2D eigenvalue weighted by Crippen LogP contribution is 2.35. The van der Waals surface area contributed by atoms with Crippen LogP contribution in [0.3, 0.4) is 0 Å². The molecule has 1 atom stereocenters. The number of alkyl halides is 3. The molecule has 0 bridgehead atoms. The zero-order valence-electron chi connectivity index (χ0n) is 7.68. The lowest BCUT2D eigenvalue weighted by atomic mass is 10.1. The molecule has 0 aromatic heterocycles. The van der Waals surface area contributed by atoms with E-state index < -0.39 is 12.3 Å². The minimum Gasteiger partial charge on any atom is -0.496 e. The van der Waals surface area contributed by atoms with E-state index in [9.17, 15) is 13.2 Å². The fourth-order valence-electron chi connectivity index (χ4n) is 1.04. The number of ether oxygens (including phenoxy) is 1. The summed E-state index contributed by atoms with van der Waals surface area (Å²) in [5.74, 6) is 0.246. The van der Waals surface area contributed by atoms with E-state index in [1.54, 1.807) is 0 Å². The highest BCUT2D eigenvalue weighted by atomic mass is 79.9. The smallest absolute Gasteiger partial charge is 0.418 e. The second-order valence-electron chi connectivity index (χ2n) is 2.84. The average Bonchev–Trinajstić information content (AvgIpc) is 2.16. The fourth-order valence-corrected chi connectivity index (χ4v) is 1.44. The Bertz CT molecular complexity index is 352. The zero-order chi connectivity index (χ0) is 11.6. The SMILES string of the molecule is COc1cc([C@H](O)C(F)(F)F)ccc1Br. The number of benzene rings is 1. The maximum absolute atomic E-state index is 12.2. The van der Waals surface area contributed by atoms with Crippen LogP contribution in [0.5, 0.6) is 5.75 Å². The molecule has 0 aliphatic heterocycles. The number of hydrogen-bond acceptors (Lipinski definition) is 2. The van der Waals surface area contributed by atoms with Crippen LogP contribution < -0.4 is 4.74 Å². The summed E-state index contributed by atoms with van der Waals surface area (Å²) in [4.78, 5) is 0. The predicted molar refractivity (Wildman–Crippen MR) is 51.7 cm³/mol. The Labute approximate surface area is 92.8 Å². The third-order valence-corrected chi connectivity index (χ3v) is 2.46. The molecule has 84 valence electrons. The number of aliphatic hydroxyl groups is 1. The molecule has 0 aliphatic rings. The molecule has 0 aliphatic carbocycles. The number of halogens is 4. The van der Waals surface area contributed by atoms with Gasteiger partial charge in [0, 0.05) is 0 Å². The first-order valence-corrected chi connectivity index (χ1v) is 4.73. The van der Waals surface area contributed by atoms with Crippen molar-refractivity contribution in [2.75, 3.05) is 7.11 Å². The molecule has 0 spiro atoms. The highest BCUT2D eigenvalue weighted by molar-refractivity contribution is 9.10. The molecule has 1 aromatic rings. The maximum Gasteiger partial charge on any atom is 0.418 e. The average molecular weight is 285 g/mol. The Morgan fingerprint density at radius 3 is 2.47 bits per heavy atom. The van der Waals surface area contributed by atoms with Crippen molar-refractivity contribution in [3.8, 4) is 5.75 Å². The van der Waals surface area contributed by atoms with Crippen molar-refractivity contribution in [2.24, 2.45) is 0 Å². The van der Waals surface area contributed by atoms with Crippen LogP contribution in [0.4, 0.5) is 13.2 Å². The summed E-state index contributed by atoms with van der Waals surface area (Å²) in [6.45, 7) is 0. The van der Waals surface area contributed by atoms with Crippen molar-refractivity contribution in [3.63, 3.8) is 0 Å². The zero-order valence-corrected chi connectivity index (χ0v) is 9.26. The van der Waals surface area contributed by atoms with Crippen molar-refractivity contribution in [1.82, 2.24) is 0 Å². The standard InChI is InChI=1S/C9H8BrF3O2/c1-15-7-4-5(2-3-6(7)10)8(14)9(11,12)13/h2-4,8,14H,1H3/t8-/m0/s1. The first kappa shape index (κ1) is 12.3. The topological polar surface area (TPSA) is 29.5 Å². The van der Waals surface area contributed by atoms with Gasteiger partial charge in [-0.3, -0.25) is 0 Å². The number of methoxy groups -OCH3 is 1. The minimum absolute atomic E-state index is 0.246. The molecular weight excluding hydrogens is 277 g/mol. The molecule has 1 aromatic carbocycles. The normalized spacial score (nSPS) is 13.7. The van der Waals surface area contributed by atoms with Gasteiger partial charge in [0.2, 0.25) is 0 Å². The van der Waals surface area contributed by atoms with Gasteiger partial charge in [-0.25, -0.2) is 0 Å². The van der Waals surface area contributed by atoms with E-state index in [4.69, 9.17) is 9.84 Å². The van der Waals surface area contributed by atoms with Crippen LogP contribution in [0.1, 0.15) is 11.7 Å². The Morgan fingerprint density at radius 1 is 1.40 bits per heavy atom.